The van der Waals surface area contributed by atoms with Crippen LogP contribution in [0, 0.1) is 5.92 Å². The number of nitrogens with zero attached hydrogens (tertiary/aromatic N) is 2. The number of halogens is 2. The second-order valence-electron chi connectivity index (χ2n) is 5.67. The summed E-state index contributed by atoms with van der Waals surface area (Å²) < 4.78 is 1.20. The van der Waals surface area contributed by atoms with Crippen LogP contribution in [0.2, 0.25) is 0 Å². The first-order chi connectivity index (χ1) is 10.2. The molecule has 1 fully saturated rings. The van der Waals surface area contributed by atoms with Gasteiger partial charge in [-0.15, -0.1) is 36.2 Å². The minimum absolute atomic E-state index is 0. The highest BCUT2D eigenvalue weighted by Gasteiger charge is 2.33. The number of fused-ring (bicyclic) bond motifs is 1. The number of carbonyl (C=O) groups is 1. The van der Waals surface area contributed by atoms with Gasteiger partial charge in [-0.3, -0.25) is 4.79 Å². The predicted molar refractivity (Wildman–Crippen MR) is 101 cm³/mol. The Morgan fingerprint density at radius 2 is 2.17 bits per heavy atom. The fourth-order valence-corrected chi connectivity index (χ4v) is 4.11. The Morgan fingerprint density at radius 1 is 1.43 bits per heavy atom. The monoisotopic (exact) mass is 375 g/mol. The van der Waals surface area contributed by atoms with E-state index in [1.807, 2.05) is 37.1 Å². The number of likely N-dealkylation sites (tertiary alicyclic amines) is 1. The van der Waals surface area contributed by atoms with Crippen LogP contribution < -0.4 is 5.32 Å². The Balaban J connectivity index is 0.00000132. The van der Waals surface area contributed by atoms with E-state index in [0.717, 1.165) is 36.5 Å². The molecule has 128 valence electrons. The lowest BCUT2D eigenvalue weighted by Gasteiger charge is -2.26. The first-order valence-electron chi connectivity index (χ1n) is 7.51. The number of para-hydroxylation sites is 1. The molecule has 3 rings (SSSR count). The molecule has 1 aliphatic heterocycles. The van der Waals surface area contributed by atoms with Crippen LogP contribution >= 0.6 is 36.2 Å². The van der Waals surface area contributed by atoms with Crippen molar-refractivity contribution >= 4 is 52.3 Å². The maximum absolute atomic E-state index is 12.6. The standard InChI is InChI=1S/C16H21N3OS.2ClH/c1-11(10-17-2)16(20)19-9-5-7-13(19)15-18-12-6-3-4-8-14(12)21-15;;/h3-4,6,8,11,13,17H,5,7,9-10H2,1-2H3;2*1H. The van der Waals surface area contributed by atoms with Gasteiger partial charge in [0, 0.05) is 19.0 Å². The van der Waals surface area contributed by atoms with Crippen LogP contribution in [-0.4, -0.2) is 35.9 Å². The van der Waals surface area contributed by atoms with Crippen molar-refractivity contribution in [1.82, 2.24) is 15.2 Å². The van der Waals surface area contributed by atoms with E-state index in [1.54, 1.807) is 11.3 Å². The number of benzene rings is 1. The van der Waals surface area contributed by atoms with Crippen molar-refractivity contribution in [3.63, 3.8) is 0 Å². The summed E-state index contributed by atoms with van der Waals surface area (Å²) in [5.74, 6) is 0.260. The fraction of sp³-hybridized carbons (Fsp3) is 0.500. The molecule has 0 radical (unpaired) electrons. The van der Waals surface area contributed by atoms with E-state index in [4.69, 9.17) is 4.98 Å². The summed E-state index contributed by atoms with van der Waals surface area (Å²) in [6.45, 7) is 3.57. The smallest absolute Gasteiger partial charge is 0.227 e. The van der Waals surface area contributed by atoms with Gasteiger partial charge in [0.05, 0.1) is 16.3 Å². The molecule has 23 heavy (non-hydrogen) atoms. The van der Waals surface area contributed by atoms with Crippen LogP contribution in [0.25, 0.3) is 10.2 Å². The number of aromatic nitrogens is 1. The van der Waals surface area contributed by atoms with E-state index in [0.29, 0.717) is 0 Å². The Kier molecular flexibility index (Phi) is 7.74. The van der Waals surface area contributed by atoms with Gasteiger partial charge in [0.2, 0.25) is 5.91 Å². The minimum atomic E-state index is 0. The summed E-state index contributed by atoms with van der Waals surface area (Å²) in [4.78, 5) is 19.4. The molecule has 1 aromatic carbocycles. The van der Waals surface area contributed by atoms with Crippen LogP contribution in [0.15, 0.2) is 24.3 Å². The molecule has 7 heteroatoms. The molecule has 1 amide bonds. The highest BCUT2D eigenvalue weighted by Crippen LogP contribution is 2.37. The number of amides is 1. The Morgan fingerprint density at radius 3 is 2.87 bits per heavy atom. The first kappa shape index (κ1) is 20.2. The molecule has 1 N–H and O–H groups in total. The molecule has 4 nitrogen and oxygen atoms in total. The van der Waals surface area contributed by atoms with E-state index < -0.39 is 0 Å². The zero-order chi connectivity index (χ0) is 14.8. The Hall–Kier alpha value is -0.880. The normalized spacial score (nSPS) is 18.3. The van der Waals surface area contributed by atoms with Crippen LogP contribution in [0.4, 0.5) is 0 Å². The fourth-order valence-electron chi connectivity index (χ4n) is 3.00. The van der Waals surface area contributed by atoms with E-state index >= 15 is 0 Å². The summed E-state index contributed by atoms with van der Waals surface area (Å²) in [5, 5.41) is 4.17. The Labute approximate surface area is 153 Å². The maximum Gasteiger partial charge on any atom is 0.227 e. The molecule has 0 aliphatic carbocycles. The third-order valence-electron chi connectivity index (χ3n) is 4.06. The van der Waals surface area contributed by atoms with Crippen molar-refractivity contribution in [2.24, 2.45) is 5.92 Å². The third kappa shape index (κ3) is 4.15. The second-order valence-corrected chi connectivity index (χ2v) is 6.73. The van der Waals surface area contributed by atoms with E-state index in [2.05, 4.69) is 11.4 Å². The lowest BCUT2D eigenvalue weighted by Crippen LogP contribution is -2.38. The summed E-state index contributed by atoms with van der Waals surface area (Å²) in [7, 11) is 1.89. The number of hydrogen-bond donors (Lipinski definition) is 1. The molecule has 2 atom stereocenters. The first-order valence-corrected chi connectivity index (χ1v) is 8.33. The molecular formula is C16H23Cl2N3OS. The zero-order valence-corrected chi connectivity index (χ0v) is 15.8. The molecule has 1 saturated heterocycles. The number of thiazole rings is 1. The summed E-state index contributed by atoms with van der Waals surface area (Å²) in [6.07, 6.45) is 2.09. The van der Waals surface area contributed by atoms with Crippen LogP contribution in [0.1, 0.15) is 30.8 Å². The second kappa shape index (κ2) is 8.83. The minimum Gasteiger partial charge on any atom is -0.333 e. The van der Waals surface area contributed by atoms with Gasteiger partial charge in [0.25, 0.3) is 0 Å². The van der Waals surface area contributed by atoms with E-state index in [1.165, 1.54) is 4.70 Å². The van der Waals surface area contributed by atoms with Crippen LogP contribution in [0.3, 0.4) is 0 Å². The predicted octanol–water partition coefficient (Wildman–Crippen LogP) is 3.66. The van der Waals surface area contributed by atoms with Crippen molar-refractivity contribution in [3.05, 3.63) is 29.3 Å². The molecule has 2 aromatic rings. The van der Waals surface area contributed by atoms with Crippen molar-refractivity contribution in [2.45, 2.75) is 25.8 Å². The number of rotatable bonds is 4. The lowest BCUT2D eigenvalue weighted by atomic mass is 10.1. The van der Waals surface area contributed by atoms with Gasteiger partial charge in [0.15, 0.2) is 0 Å². The molecular weight excluding hydrogens is 353 g/mol. The zero-order valence-electron chi connectivity index (χ0n) is 13.3. The topological polar surface area (TPSA) is 45.2 Å². The van der Waals surface area contributed by atoms with Crippen LogP contribution in [-0.2, 0) is 4.79 Å². The van der Waals surface area contributed by atoms with Gasteiger partial charge in [0.1, 0.15) is 5.01 Å². The molecule has 1 aromatic heterocycles. The highest BCUT2D eigenvalue weighted by molar-refractivity contribution is 7.18. The highest BCUT2D eigenvalue weighted by atomic mass is 35.5. The lowest BCUT2D eigenvalue weighted by molar-refractivity contribution is -0.135. The average molecular weight is 376 g/mol. The number of nitrogens with one attached hydrogen (secondary N) is 1. The summed E-state index contributed by atoms with van der Waals surface area (Å²) in [6, 6.07) is 8.35. The van der Waals surface area contributed by atoms with Gasteiger partial charge in [-0.25, -0.2) is 4.98 Å². The van der Waals surface area contributed by atoms with Crippen molar-refractivity contribution < 1.29 is 4.79 Å². The van der Waals surface area contributed by atoms with Gasteiger partial charge in [-0.05, 0) is 32.0 Å². The molecule has 0 saturated carbocycles. The molecule has 0 spiro atoms. The number of carbonyl (C=O) groups excluding carboxylic acids is 1. The molecule has 0 bridgehead atoms. The summed E-state index contributed by atoms with van der Waals surface area (Å²) >= 11 is 1.72. The molecule has 1 aliphatic rings. The Bertz CT molecular complexity index is 616. The molecule has 2 unspecified atom stereocenters. The van der Waals surface area contributed by atoms with Gasteiger partial charge < -0.3 is 10.2 Å². The van der Waals surface area contributed by atoms with Gasteiger partial charge in [-0.1, -0.05) is 19.1 Å². The van der Waals surface area contributed by atoms with Crippen molar-refractivity contribution in [3.8, 4) is 0 Å². The van der Waals surface area contributed by atoms with E-state index in [9.17, 15) is 4.79 Å². The van der Waals surface area contributed by atoms with E-state index in [-0.39, 0.29) is 42.7 Å². The molecule has 2 heterocycles. The average Bonchev–Trinajstić information content (AvgIpc) is 3.12. The quantitative estimate of drug-likeness (QED) is 0.886. The third-order valence-corrected chi connectivity index (χ3v) is 5.20. The number of hydrogen-bond acceptors (Lipinski definition) is 4. The van der Waals surface area contributed by atoms with Gasteiger partial charge >= 0.3 is 0 Å². The van der Waals surface area contributed by atoms with Crippen molar-refractivity contribution in [2.75, 3.05) is 20.1 Å². The van der Waals surface area contributed by atoms with Gasteiger partial charge in [-0.2, -0.15) is 0 Å². The SMILES string of the molecule is CNCC(C)C(=O)N1CCCC1c1nc2ccccc2s1.Cl.Cl. The van der Waals surface area contributed by atoms with Crippen LogP contribution in [0.5, 0.6) is 0 Å². The summed E-state index contributed by atoms with van der Waals surface area (Å²) in [5.41, 5.74) is 1.04. The maximum atomic E-state index is 12.6. The van der Waals surface area contributed by atoms with Crippen molar-refractivity contribution in [1.29, 1.82) is 0 Å². The largest absolute Gasteiger partial charge is 0.333 e.